The number of aromatic nitrogens is 2. The van der Waals surface area contributed by atoms with Crippen molar-refractivity contribution in [3.05, 3.63) is 62.4 Å². The second-order valence-corrected chi connectivity index (χ2v) is 7.85. The lowest BCUT2D eigenvalue weighted by Gasteiger charge is -2.29. The number of rotatable bonds is 5. The summed E-state index contributed by atoms with van der Waals surface area (Å²) in [4.78, 5) is 23.5. The van der Waals surface area contributed by atoms with E-state index >= 15 is 0 Å². The standard InChI is InChI=1S/C21H23N3O3S/c1-13-9-14(26-2)10-18(27-3)16(13)11-24-7-6-15-17(12-24)22-20(23-21(15)25)19-5-4-8-28-19/h4-5,8-10H,6-7,11-12H2,1-3H3,(H,22,23,25). The molecule has 0 bridgehead atoms. The van der Waals surface area contributed by atoms with E-state index in [0.717, 1.165) is 51.8 Å². The second kappa shape index (κ2) is 7.77. The number of aryl methyl sites for hydroxylation is 1. The number of ether oxygens (including phenoxy) is 2. The summed E-state index contributed by atoms with van der Waals surface area (Å²) in [5, 5.41) is 1.99. The summed E-state index contributed by atoms with van der Waals surface area (Å²) in [5.41, 5.74) is 3.90. The monoisotopic (exact) mass is 397 g/mol. The van der Waals surface area contributed by atoms with Crippen LogP contribution in [-0.4, -0.2) is 35.6 Å². The highest BCUT2D eigenvalue weighted by molar-refractivity contribution is 7.13. The maximum Gasteiger partial charge on any atom is 0.254 e. The zero-order valence-electron chi connectivity index (χ0n) is 16.2. The normalized spacial score (nSPS) is 14.0. The number of hydrogen-bond donors (Lipinski definition) is 1. The molecule has 0 saturated carbocycles. The van der Waals surface area contributed by atoms with Gasteiger partial charge in [0.2, 0.25) is 0 Å². The van der Waals surface area contributed by atoms with E-state index in [9.17, 15) is 4.79 Å². The number of fused-ring (bicyclic) bond motifs is 1. The van der Waals surface area contributed by atoms with Gasteiger partial charge in [0.25, 0.3) is 5.56 Å². The van der Waals surface area contributed by atoms with E-state index in [-0.39, 0.29) is 5.56 Å². The van der Waals surface area contributed by atoms with Crippen molar-refractivity contribution in [3.8, 4) is 22.2 Å². The fourth-order valence-corrected chi connectivity index (χ4v) is 4.31. The molecule has 28 heavy (non-hydrogen) atoms. The second-order valence-electron chi connectivity index (χ2n) is 6.90. The molecule has 0 spiro atoms. The first-order valence-corrected chi connectivity index (χ1v) is 10.1. The van der Waals surface area contributed by atoms with Gasteiger partial charge in [-0.15, -0.1) is 11.3 Å². The maximum atomic E-state index is 12.5. The molecular formula is C21H23N3O3S. The molecule has 0 unspecified atom stereocenters. The fraction of sp³-hybridized carbons (Fsp3) is 0.333. The van der Waals surface area contributed by atoms with Crippen LogP contribution in [0.4, 0.5) is 0 Å². The molecule has 146 valence electrons. The van der Waals surface area contributed by atoms with Gasteiger partial charge in [-0.2, -0.15) is 0 Å². The highest BCUT2D eigenvalue weighted by Gasteiger charge is 2.23. The molecule has 2 aromatic heterocycles. The number of aromatic amines is 1. The largest absolute Gasteiger partial charge is 0.497 e. The van der Waals surface area contributed by atoms with E-state index in [1.807, 2.05) is 29.6 Å². The summed E-state index contributed by atoms with van der Waals surface area (Å²) in [7, 11) is 3.33. The van der Waals surface area contributed by atoms with Crippen molar-refractivity contribution < 1.29 is 9.47 Å². The number of benzene rings is 1. The van der Waals surface area contributed by atoms with Crippen LogP contribution < -0.4 is 15.0 Å². The van der Waals surface area contributed by atoms with Gasteiger partial charge in [-0.05, 0) is 36.4 Å². The van der Waals surface area contributed by atoms with Crippen LogP contribution in [0.5, 0.6) is 11.5 Å². The SMILES string of the molecule is COc1cc(C)c(CN2CCc3c(nc(-c4cccs4)[nH]c3=O)C2)c(OC)c1. The summed E-state index contributed by atoms with van der Waals surface area (Å²) < 4.78 is 10.9. The van der Waals surface area contributed by atoms with Crippen molar-refractivity contribution in [2.75, 3.05) is 20.8 Å². The van der Waals surface area contributed by atoms with Gasteiger partial charge in [-0.25, -0.2) is 4.98 Å². The summed E-state index contributed by atoms with van der Waals surface area (Å²) in [5.74, 6) is 2.26. The van der Waals surface area contributed by atoms with Gasteiger partial charge >= 0.3 is 0 Å². The van der Waals surface area contributed by atoms with E-state index in [2.05, 4.69) is 16.8 Å². The lowest BCUT2D eigenvalue weighted by molar-refractivity contribution is 0.236. The van der Waals surface area contributed by atoms with Crippen molar-refractivity contribution in [1.82, 2.24) is 14.9 Å². The van der Waals surface area contributed by atoms with E-state index in [4.69, 9.17) is 14.5 Å². The molecule has 3 heterocycles. The van der Waals surface area contributed by atoms with Crippen LogP contribution in [0.2, 0.25) is 0 Å². The van der Waals surface area contributed by atoms with Gasteiger partial charge in [-0.1, -0.05) is 6.07 Å². The number of H-pyrrole nitrogens is 1. The molecule has 0 amide bonds. The quantitative estimate of drug-likeness (QED) is 0.715. The summed E-state index contributed by atoms with van der Waals surface area (Å²) in [6.07, 6.45) is 0.694. The van der Waals surface area contributed by atoms with Crippen molar-refractivity contribution in [3.63, 3.8) is 0 Å². The molecule has 0 aliphatic carbocycles. The number of methoxy groups -OCH3 is 2. The Morgan fingerprint density at radius 1 is 1.29 bits per heavy atom. The van der Waals surface area contributed by atoms with Crippen molar-refractivity contribution in [2.45, 2.75) is 26.4 Å². The van der Waals surface area contributed by atoms with Crippen molar-refractivity contribution >= 4 is 11.3 Å². The Bertz CT molecular complexity index is 1040. The highest BCUT2D eigenvalue weighted by Crippen LogP contribution is 2.31. The van der Waals surface area contributed by atoms with Crippen LogP contribution in [0.1, 0.15) is 22.4 Å². The Balaban J connectivity index is 1.62. The molecular weight excluding hydrogens is 374 g/mol. The predicted molar refractivity (Wildman–Crippen MR) is 110 cm³/mol. The Hall–Kier alpha value is -2.64. The minimum Gasteiger partial charge on any atom is -0.497 e. The first-order chi connectivity index (χ1) is 13.6. The molecule has 0 atom stereocenters. The molecule has 3 aromatic rings. The lowest BCUT2D eigenvalue weighted by atomic mass is 10.0. The average molecular weight is 398 g/mol. The van der Waals surface area contributed by atoms with Gasteiger partial charge < -0.3 is 14.5 Å². The van der Waals surface area contributed by atoms with Gasteiger partial charge in [0.05, 0.1) is 24.8 Å². The number of hydrogen-bond acceptors (Lipinski definition) is 6. The number of nitrogens with zero attached hydrogens (tertiary/aromatic N) is 2. The Morgan fingerprint density at radius 2 is 2.14 bits per heavy atom. The van der Waals surface area contributed by atoms with Crippen LogP contribution in [0.25, 0.3) is 10.7 Å². The van der Waals surface area contributed by atoms with Gasteiger partial charge in [0.1, 0.15) is 11.5 Å². The number of thiophene rings is 1. The first kappa shape index (κ1) is 18.7. The molecule has 7 heteroatoms. The highest BCUT2D eigenvalue weighted by atomic mass is 32.1. The summed E-state index contributed by atoms with van der Waals surface area (Å²) in [6.45, 7) is 4.26. The molecule has 4 rings (SSSR count). The third-order valence-electron chi connectivity index (χ3n) is 5.15. The van der Waals surface area contributed by atoms with E-state index in [1.54, 1.807) is 25.6 Å². The third kappa shape index (κ3) is 3.55. The summed E-state index contributed by atoms with van der Waals surface area (Å²) >= 11 is 1.57. The number of nitrogens with one attached hydrogen (secondary N) is 1. The molecule has 1 aromatic carbocycles. The average Bonchev–Trinajstić information content (AvgIpc) is 3.24. The molecule has 0 radical (unpaired) electrons. The topological polar surface area (TPSA) is 67.5 Å². The van der Waals surface area contributed by atoms with Crippen LogP contribution in [0, 0.1) is 6.92 Å². The van der Waals surface area contributed by atoms with Crippen molar-refractivity contribution in [1.29, 1.82) is 0 Å². The van der Waals surface area contributed by atoms with E-state index < -0.39 is 0 Å². The van der Waals surface area contributed by atoms with E-state index in [0.29, 0.717) is 18.8 Å². The van der Waals surface area contributed by atoms with Crippen LogP contribution in [-0.2, 0) is 19.5 Å². The minimum absolute atomic E-state index is 0.0220. The summed E-state index contributed by atoms with van der Waals surface area (Å²) in [6, 6.07) is 7.87. The smallest absolute Gasteiger partial charge is 0.254 e. The Kier molecular flexibility index (Phi) is 5.19. The van der Waals surface area contributed by atoms with Gasteiger partial charge in [-0.3, -0.25) is 9.69 Å². The zero-order chi connectivity index (χ0) is 19.7. The van der Waals surface area contributed by atoms with Crippen molar-refractivity contribution in [2.24, 2.45) is 0 Å². The third-order valence-corrected chi connectivity index (χ3v) is 6.03. The van der Waals surface area contributed by atoms with Crippen LogP contribution >= 0.6 is 11.3 Å². The van der Waals surface area contributed by atoms with Gasteiger partial charge in [0, 0.05) is 36.8 Å². The fourth-order valence-electron chi connectivity index (χ4n) is 3.64. The Morgan fingerprint density at radius 3 is 2.86 bits per heavy atom. The molecule has 1 N–H and O–H groups in total. The lowest BCUT2D eigenvalue weighted by Crippen LogP contribution is -2.35. The molecule has 1 aliphatic rings. The van der Waals surface area contributed by atoms with Crippen LogP contribution in [0.15, 0.2) is 34.4 Å². The molecule has 0 saturated heterocycles. The molecule has 1 aliphatic heterocycles. The predicted octanol–water partition coefficient (Wildman–Crippen LogP) is 3.38. The van der Waals surface area contributed by atoms with Gasteiger partial charge in [0.15, 0.2) is 5.82 Å². The minimum atomic E-state index is -0.0220. The first-order valence-electron chi connectivity index (χ1n) is 9.19. The molecule has 0 fully saturated rings. The van der Waals surface area contributed by atoms with Crippen LogP contribution in [0.3, 0.4) is 0 Å². The molecule has 6 nitrogen and oxygen atoms in total. The zero-order valence-corrected chi connectivity index (χ0v) is 17.1. The Labute approximate surface area is 167 Å². The maximum absolute atomic E-state index is 12.5. The van der Waals surface area contributed by atoms with E-state index in [1.165, 1.54) is 0 Å².